The van der Waals surface area contributed by atoms with Gasteiger partial charge in [-0.2, -0.15) is 0 Å². The lowest BCUT2D eigenvalue weighted by molar-refractivity contribution is 0.300. The van der Waals surface area contributed by atoms with Crippen LogP contribution < -0.4 is 5.32 Å². The topological polar surface area (TPSA) is 44.6 Å². The molecule has 3 heteroatoms. The van der Waals surface area contributed by atoms with Gasteiger partial charge in [0.25, 0.3) is 0 Å². The molecule has 3 nitrogen and oxygen atoms in total. The van der Waals surface area contributed by atoms with Crippen molar-refractivity contribution < 1.29 is 5.21 Å². The molecular weight excluding hydrogens is 224 g/mol. The summed E-state index contributed by atoms with van der Waals surface area (Å²) in [4.78, 5) is 0. The van der Waals surface area contributed by atoms with Crippen LogP contribution in [-0.4, -0.2) is 23.0 Å². The summed E-state index contributed by atoms with van der Waals surface area (Å²) < 4.78 is 0. The molecule has 3 aliphatic rings. The molecular formula is C15H26N2O. The third-order valence-electron chi connectivity index (χ3n) is 5.32. The summed E-state index contributed by atoms with van der Waals surface area (Å²) >= 11 is 0. The first kappa shape index (κ1) is 12.5. The van der Waals surface area contributed by atoms with Crippen LogP contribution in [-0.2, 0) is 0 Å². The van der Waals surface area contributed by atoms with Crippen molar-refractivity contribution in [2.24, 2.45) is 17.0 Å². The molecule has 0 radical (unpaired) electrons. The van der Waals surface area contributed by atoms with Crippen LogP contribution in [0.1, 0.15) is 64.2 Å². The van der Waals surface area contributed by atoms with Crippen molar-refractivity contribution in [3.63, 3.8) is 0 Å². The van der Waals surface area contributed by atoms with E-state index in [-0.39, 0.29) is 0 Å². The summed E-state index contributed by atoms with van der Waals surface area (Å²) in [5.74, 6) is 1.32. The summed E-state index contributed by atoms with van der Waals surface area (Å²) in [5.41, 5.74) is 1.06. The summed E-state index contributed by atoms with van der Waals surface area (Å²) in [6.07, 6.45) is 13.4. The average molecular weight is 250 g/mol. The maximum atomic E-state index is 9.24. The van der Waals surface area contributed by atoms with Crippen molar-refractivity contribution in [2.75, 3.05) is 0 Å². The Kier molecular flexibility index (Phi) is 3.88. The molecule has 3 rings (SSSR count). The SMILES string of the molecule is ON=C1C2CCC(C2)C1NC1CCCCCCC1. The highest BCUT2D eigenvalue weighted by Gasteiger charge is 2.45. The Hall–Kier alpha value is -0.570. The van der Waals surface area contributed by atoms with Crippen LogP contribution in [0.5, 0.6) is 0 Å². The minimum atomic E-state index is 0.387. The molecule has 102 valence electrons. The predicted molar refractivity (Wildman–Crippen MR) is 73.1 cm³/mol. The minimum Gasteiger partial charge on any atom is -0.411 e. The van der Waals surface area contributed by atoms with Crippen molar-refractivity contribution in [2.45, 2.75) is 76.3 Å². The molecule has 0 spiro atoms. The number of oxime groups is 1. The van der Waals surface area contributed by atoms with E-state index in [1.165, 1.54) is 64.2 Å². The van der Waals surface area contributed by atoms with E-state index in [1.54, 1.807) is 0 Å². The van der Waals surface area contributed by atoms with Gasteiger partial charge in [0.15, 0.2) is 0 Å². The van der Waals surface area contributed by atoms with E-state index in [1.807, 2.05) is 0 Å². The van der Waals surface area contributed by atoms with Crippen LogP contribution in [0.3, 0.4) is 0 Å². The third-order valence-corrected chi connectivity index (χ3v) is 5.32. The first-order valence-electron chi connectivity index (χ1n) is 7.86. The van der Waals surface area contributed by atoms with E-state index in [2.05, 4.69) is 10.5 Å². The zero-order valence-electron chi connectivity index (χ0n) is 11.3. The molecule has 18 heavy (non-hydrogen) atoms. The van der Waals surface area contributed by atoms with Crippen LogP contribution in [0.25, 0.3) is 0 Å². The van der Waals surface area contributed by atoms with Gasteiger partial charge in [0.2, 0.25) is 0 Å². The van der Waals surface area contributed by atoms with Crippen LogP contribution in [0.15, 0.2) is 5.16 Å². The van der Waals surface area contributed by atoms with Gasteiger partial charge in [-0.25, -0.2) is 0 Å². The lowest BCUT2D eigenvalue weighted by atomic mass is 9.90. The highest BCUT2D eigenvalue weighted by molar-refractivity contribution is 5.94. The highest BCUT2D eigenvalue weighted by Crippen LogP contribution is 2.43. The molecule has 0 saturated heterocycles. The van der Waals surface area contributed by atoms with E-state index in [0.29, 0.717) is 18.0 Å². The molecule has 0 aromatic carbocycles. The normalized spacial score (nSPS) is 40.0. The van der Waals surface area contributed by atoms with Gasteiger partial charge in [-0.1, -0.05) is 37.3 Å². The van der Waals surface area contributed by atoms with Crippen molar-refractivity contribution in [3.8, 4) is 0 Å². The molecule has 0 heterocycles. The van der Waals surface area contributed by atoms with Crippen LogP contribution in [0.2, 0.25) is 0 Å². The second kappa shape index (κ2) is 5.60. The van der Waals surface area contributed by atoms with Gasteiger partial charge in [-0.3, -0.25) is 0 Å². The van der Waals surface area contributed by atoms with Gasteiger partial charge < -0.3 is 10.5 Å². The Morgan fingerprint density at radius 3 is 2.39 bits per heavy atom. The molecule has 3 atom stereocenters. The number of hydrogen-bond acceptors (Lipinski definition) is 3. The quantitative estimate of drug-likeness (QED) is 0.583. The number of hydrogen-bond donors (Lipinski definition) is 2. The lowest BCUT2D eigenvalue weighted by Crippen LogP contribution is -2.46. The Morgan fingerprint density at radius 2 is 1.67 bits per heavy atom. The Balaban J connectivity index is 1.61. The summed E-state index contributed by atoms with van der Waals surface area (Å²) in [6, 6.07) is 1.05. The zero-order valence-corrected chi connectivity index (χ0v) is 11.3. The Morgan fingerprint density at radius 1 is 0.944 bits per heavy atom. The number of fused-ring (bicyclic) bond motifs is 2. The number of nitrogens with zero attached hydrogens (tertiary/aromatic N) is 1. The van der Waals surface area contributed by atoms with Crippen molar-refractivity contribution in [3.05, 3.63) is 0 Å². The van der Waals surface area contributed by atoms with Crippen molar-refractivity contribution in [1.82, 2.24) is 5.32 Å². The summed E-state index contributed by atoms with van der Waals surface area (Å²) in [6.45, 7) is 0. The van der Waals surface area contributed by atoms with E-state index in [9.17, 15) is 5.21 Å². The largest absolute Gasteiger partial charge is 0.411 e. The fourth-order valence-electron chi connectivity index (χ4n) is 4.33. The molecule has 3 unspecified atom stereocenters. The Labute approximate surface area is 110 Å². The molecule has 0 aliphatic heterocycles. The molecule has 3 aliphatic carbocycles. The van der Waals surface area contributed by atoms with Crippen LogP contribution in [0.4, 0.5) is 0 Å². The molecule has 2 bridgehead atoms. The highest BCUT2D eigenvalue weighted by atomic mass is 16.4. The van der Waals surface area contributed by atoms with E-state index in [0.717, 1.165) is 11.6 Å². The third kappa shape index (κ3) is 2.42. The van der Waals surface area contributed by atoms with Crippen LogP contribution in [0, 0.1) is 11.8 Å². The standard InChI is InChI=1S/C15H26N2O/c18-17-15-12-9-8-11(10-12)14(15)16-13-6-4-2-1-3-5-7-13/h11-14,16,18H,1-10H2. The van der Waals surface area contributed by atoms with Crippen molar-refractivity contribution in [1.29, 1.82) is 0 Å². The maximum absolute atomic E-state index is 9.24. The first-order chi connectivity index (χ1) is 8.88. The van der Waals surface area contributed by atoms with Gasteiger partial charge in [0.1, 0.15) is 0 Å². The first-order valence-corrected chi connectivity index (χ1v) is 7.86. The van der Waals surface area contributed by atoms with Gasteiger partial charge >= 0.3 is 0 Å². The molecule has 0 aromatic heterocycles. The van der Waals surface area contributed by atoms with Gasteiger partial charge in [-0.05, 0) is 38.0 Å². The van der Waals surface area contributed by atoms with Gasteiger partial charge in [0.05, 0.1) is 11.8 Å². The second-order valence-corrected chi connectivity index (χ2v) is 6.48. The molecule has 2 N–H and O–H groups in total. The van der Waals surface area contributed by atoms with Crippen molar-refractivity contribution >= 4 is 5.71 Å². The van der Waals surface area contributed by atoms with E-state index < -0.39 is 0 Å². The summed E-state index contributed by atoms with van der Waals surface area (Å²) in [7, 11) is 0. The van der Waals surface area contributed by atoms with E-state index in [4.69, 9.17) is 0 Å². The minimum absolute atomic E-state index is 0.387. The maximum Gasteiger partial charge on any atom is 0.0773 e. The lowest BCUT2D eigenvalue weighted by Gasteiger charge is -2.30. The summed E-state index contributed by atoms with van der Waals surface area (Å²) in [5, 5.41) is 16.7. The van der Waals surface area contributed by atoms with Gasteiger partial charge in [-0.15, -0.1) is 0 Å². The number of nitrogens with one attached hydrogen (secondary N) is 1. The Bertz CT molecular complexity index is 308. The molecule has 0 aromatic rings. The fraction of sp³-hybridized carbons (Fsp3) is 0.933. The second-order valence-electron chi connectivity index (χ2n) is 6.48. The number of rotatable bonds is 2. The van der Waals surface area contributed by atoms with Gasteiger partial charge in [0, 0.05) is 12.0 Å². The fourth-order valence-corrected chi connectivity index (χ4v) is 4.33. The molecule has 3 fully saturated rings. The smallest absolute Gasteiger partial charge is 0.0773 e. The van der Waals surface area contributed by atoms with E-state index >= 15 is 0 Å². The zero-order chi connectivity index (χ0) is 12.4. The monoisotopic (exact) mass is 250 g/mol. The predicted octanol–water partition coefficient (Wildman–Crippen LogP) is 3.32. The average Bonchev–Trinajstić information content (AvgIpc) is 2.92. The molecule has 0 amide bonds. The van der Waals surface area contributed by atoms with Crippen LogP contribution >= 0.6 is 0 Å². The molecule has 3 saturated carbocycles.